The number of halogens is 3. The van der Waals surface area contributed by atoms with Crippen LogP contribution >= 0.6 is 0 Å². The summed E-state index contributed by atoms with van der Waals surface area (Å²) in [6.45, 7) is -0.483. The van der Waals surface area contributed by atoms with E-state index >= 15 is 0 Å². The van der Waals surface area contributed by atoms with Crippen LogP contribution in [-0.2, 0) is 22.3 Å². The molecule has 0 aromatic heterocycles. The fraction of sp³-hybridized carbons (Fsp3) is 0.385. The number of benzene rings is 1. The van der Waals surface area contributed by atoms with Crippen LogP contribution in [0.4, 0.5) is 13.2 Å². The molecule has 0 radical (unpaired) electrons. The zero-order valence-electron chi connectivity index (χ0n) is 10.7. The number of alkyl halides is 3. The van der Waals surface area contributed by atoms with E-state index in [0.29, 0.717) is 0 Å². The van der Waals surface area contributed by atoms with E-state index in [1.807, 2.05) is 0 Å². The van der Waals surface area contributed by atoms with Gasteiger partial charge in [-0.3, -0.25) is 4.79 Å². The molecule has 1 aromatic rings. The summed E-state index contributed by atoms with van der Waals surface area (Å²) in [4.78, 5) is 11.0. The molecule has 1 aromatic carbocycles. The molecule has 0 saturated heterocycles. The van der Waals surface area contributed by atoms with Gasteiger partial charge in [0, 0.05) is 0 Å². The smallest absolute Gasteiger partial charge is 0.416 e. The van der Waals surface area contributed by atoms with E-state index in [1.165, 1.54) is 13.2 Å². The van der Waals surface area contributed by atoms with Gasteiger partial charge in [-0.15, -0.1) is 0 Å². The molecule has 0 N–H and O–H groups in total. The first-order valence-electron chi connectivity index (χ1n) is 5.58. The number of methoxy groups -OCH3 is 1. The molecule has 0 bridgehead atoms. The second kappa shape index (κ2) is 6.91. The Balaban J connectivity index is 2.75. The SMILES string of the molecule is COc1cc(COCC(=O)CC#N)cc(C(F)(F)F)c1. The molecule has 0 amide bonds. The highest BCUT2D eigenvalue weighted by atomic mass is 19.4. The van der Waals surface area contributed by atoms with Crippen molar-refractivity contribution >= 4 is 5.78 Å². The van der Waals surface area contributed by atoms with Gasteiger partial charge in [0.05, 0.1) is 31.8 Å². The number of rotatable bonds is 6. The zero-order chi connectivity index (χ0) is 15.2. The fourth-order valence-electron chi connectivity index (χ4n) is 1.45. The molecule has 0 unspecified atom stereocenters. The Labute approximate surface area is 113 Å². The second-order valence-electron chi connectivity index (χ2n) is 3.93. The van der Waals surface area contributed by atoms with Crippen molar-refractivity contribution in [3.63, 3.8) is 0 Å². The van der Waals surface area contributed by atoms with Gasteiger partial charge < -0.3 is 9.47 Å². The van der Waals surface area contributed by atoms with Crippen molar-refractivity contribution in [1.82, 2.24) is 0 Å². The largest absolute Gasteiger partial charge is 0.497 e. The van der Waals surface area contributed by atoms with Crippen molar-refractivity contribution in [3.05, 3.63) is 29.3 Å². The number of carbonyl (C=O) groups excluding carboxylic acids is 1. The van der Waals surface area contributed by atoms with Gasteiger partial charge in [-0.1, -0.05) is 0 Å². The Bertz CT molecular complexity index is 521. The lowest BCUT2D eigenvalue weighted by Crippen LogP contribution is -2.09. The van der Waals surface area contributed by atoms with Crippen molar-refractivity contribution in [2.24, 2.45) is 0 Å². The summed E-state index contributed by atoms with van der Waals surface area (Å²) in [5.74, 6) is -0.367. The zero-order valence-corrected chi connectivity index (χ0v) is 10.7. The lowest BCUT2D eigenvalue weighted by molar-refractivity contribution is -0.137. The lowest BCUT2D eigenvalue weighted by Gasteiger charge is -2.11. The predicted octanol–water partition coefficient (Wildman–Crippen LogP) is 2.71. The summed E-state index contributed by atoms with van der Waals surface area (Å²) in [5, 5.41) is 8.28. The number of hydrogen-bond acceptors (Lipinski definition) is 4. The Hall–Kier alpha value is -2.07. The number of ether oxygens (including phenoxy) is 2. The van der Waals surface area contributed by atoms with Crippen LogP contribution < -0.4 is 4.74 Å². The minimum absolute atomic E-state index is 0.0572. The first-order valence-corrected chi connectivity index (χ1v) is 5.58. The van der Waals surface area contributed by atoms with Crippen LogP contribution in [0.2, 0.25) is 0 Å². The molecule has 7 heteroatoms. The molecule has 0 heterocycles. The van der Waals surface area contributed by atoms with Gasteiger partial charge in [-0.25, -0.2) is 0 Å². The summed E-state index contributed by atoms with van der Waals surface area (Å²) in [5.41, 5.74) is -0.611. The molecule has 0 atom stereocenters. The average Bonchev–Trinajstić information content (AvgIpc) is 2.37. The Kier molecular flexibility index (Phi) is 5.53. The minimum atomic E-state index is -4.49. The standard InChI is InChI=1S/C13H12F3NO3/c1-19-12-5-9(4-10(6-12)13(14,15)16)7-20-8-11(18)2-3-17/h4-6H,2,7-8H2,1H3. The highest BCUT2D eigenvalue weighted by molar-refractivity contribution is 5.81. The number of nitrogens with zero attached hydrogens (tertiary/aromatic N) is 1. The topological polar surface area (TPSA) is 59.3 Å². The van der Waals surface area contributed by atoms with Crippen molar-refractivity contribution in [1.29, 1.82) is 5.26 Å². The van der Waals surface area contributed by atoms with Crippen LogP contribution in [0.1, 0.15) is 17.5 Å². The van der Waals surface area contributed by atoms with Gasteiger partial charge in [0.2, 0.25) is 0 Å². The molecule has 1 rings (SSSR count). The third-order valence-corrected chi connectivity index (χ3v) is 2.34. The second-order valence-corrected chi connectivity index (χ2v) is 3.93. The van der Waals surface area contributed by atoms with Gasteiger partial charge in [0.15, 0.2) is 5.78 Å². The third-order valence-electron chi connectivity index (χ3n) is 2.34. The average molecular weight is 287 g/mol. The van der Waals surface area contributed by atoms with E-state index in [0.717, 1.165) is 12.1 Å². The van der Waals surface area contributed by atoms with E-state index < -0.39 is 17.5 Å². The van der Waals surface area contributed by atoms with E-state index in [2.05, 4.69) is 0 Å². The first-order chi connectivity index (χ1) is 9.36. The highest BCUT2D eigenvalue weighted by Gasteiger charge is 2.31. The fourth-order valence-corrected chi connectivity index (χ4v) is 1.45. The molecule has 0 aliphatic rings. The van der Waals surface area contributed by atoms with E-state index in [4.69, 9.17) is 14.7 Å². The molecule has 0 aliphatic heterocycles. The van der Waals surface area contributed by atoms with E-state index in [1.54, 1.807) is 6.07 Å². The number of Topliss-reactive ketones (excluding diaryl/α,β-unsaturated/α-hetero) is 1. The van der Waals surface area contributed by atoms with E-state index in [9.17, 15) is 18.0 Å². The van der Waals surface area contributed by atoms with Gasteiger partial charge in [-0.05, 0) is 23.8 Å². The summed E-state index contributed by atoms with van der Waals surface area (Å²) < 4.78 is 47.7. The third kappa shape index (κ3) is 4.90. The molecule has 0 fully saturated rings. The predicted molar refractivity (Wildman–Crippen MR) is 62.9 cm³/mol. The van der Waals surface area contributed by atoms with Crippen molar-refractivity contribution in [3.8, 4) is 11.8 Å². The highest BCUT2D eigenvalue weighted by Crippen LogP contribution is 2.32. The monoisotopic (exact) mass is 287 g/mol. The van der Waals surface area contributed by atoms with Crippen molar-refractivity contribution < 1.29 is 27.4 Å². The Morgan fingerprint density at radius 2 is 2.05 bits per heavy atom. The Morgan fingerprint density at radius 3 is 2.60 bits per heavy atom. The minimum Gasteiger partial charge on any atom is -0.497 e. The molecule has 0 saturated carbocycles. The number of nitriles is 1. The summed E-state index contributed by atoms with van der Waals surface area (Å²) in [6.07, 6.45) is -4.77. The van der Waals surface area contributed by atoms with Crippen molar-refractivity contribution in [2.45, 2.75) is 19.2 Å². The summed E-state index contributed by atoms with van der Waals surface area (Å²) in [7, 11) is 1.26. The molecule has 108 valence electrons. The maximum Gasteiger partial charge on any atom is 0.416 e. The van der Waals surface area contributed by atoms with Gasteiger partial charge in [0.25, 0.3) is 0 Å². The molecular weight excluding hydrogens is 275 g/mol. The maximum atomic E-state index is 12.6. The van der Waals surface area contributed by atoms with Crippen molar-refractivity contribution in [2.75, 3.05) is 13.7 Å². The number of hydrogen-bond donors (Lipinski definition) is 0. The van der Waals surface area contributed by atoms with E-state index in [-0.39, 0.29) is 30.9 Å². The van der Waals surface area contributed by atoms with Gasteiger partial charge in [-0.2, -0.15) is 18.4 Å². The summed E-state index contributed by atoms with van der Waals surface area (Å²) in [6, 6.07) is 4.87. The molecular formula is C13H12F3NO3. The van der Waals surface area contributed by atoms with Gasteiger partial charge in [0.1, 0.15) is 12.4 Å². The van der Waals surface area contributed by atoms with Crippen LogP contribution in [0.25, 0.3) is 0 Å². The van der Waals surface area contributed by atoms with Gasteiger partial charge >= 0.3 is 6.18 Å². The first kappa shape index (κ1) is 16.0. The summed E-state index contributed by atoms with van der Waals surface area (Å²) >= 11 is 0. The number of carbonyl (C=O) groups is 1. The quantitative estimate of drug-likeness (QED) is 0.807. The molecule has 4 nitrogen and oxygen atoms in total. The molecule has 20 heavy (non-hydrogen) atoms. The van der Waals surface area contributed by atoms with Crippen LogP contribution in [-0.4, -0.2) is 19.5 Å². The van der Waals surface area contributed by atoms with Crippen LogP contribution in [0.15, 0.2) is 18.2 Å². The number of ketones is 1. The van der Waals surface area contributed by atoms with Crippen LogP contribution in [0.5, 0.6) is 5.75 Å². The Morgan fingerprint density at radius 1 is 1.35 bits per heavy atom. The normalized spacial score (nSPS) is 10.9. The molecule has 0 aliphatic carbocycles. The molecule has 0 spiro atoms. The van der Waals surface area contributed by atoms with Crippen LogP contribution in [0, 0.1) is 11.3 Å². The van der Waals surface area contributed by atoms with Crippen LogP contribution in [0.3, 0.4) is 0 Å². The maximum absolute atomic E-state index is 12.6. The lowest BCUT2D eigenvalue weighted by atomic mass is 10.1.